The van der Waals surface area contributed by atoms with Gasteiger partial charge in [0.2, 0.25) is 0 Å². The lowest BCUT2D eigenvalue weighted by Crippen LogP contribution is -2.09. The molecule has 0 fully saturated rings. The van der Waals surface area contributed by atoms with Crippen LogP contribution in [0.4, 0.5) is 17.1 Å². The second-order valence-electron chi connectivity index (χ2n) is 15.7. The summed E-state index contributed by atoms with van der Waals surface area (Å²) in [6.07, 6.45) is 0. The van der Waals surface area contributed by atoms with Gasteiger partial charge in [0.05, 0.1) is 0 Å². The Bertz CT molecular complexity index is 3570. The van der Waals surface area contributed by atoms with Crippen LogP contribution in [0.2, 0.25) is 0 Å². The van der Waals surface area contributed by atoms with Gasteiger partial charge in [0.1, 0.15) is 0 Å². The normalized spacial score (nSPS) is 11.6. The van der Waals surface area contributed by atoms with Crippen LogP contribution in [0, 0.1) is 0 Å². The lowest BCUT2D eigenvalue weighted by molar-refractivity contribution is 1.28. The number of fused-ring (bicyclic) bond motifs is 7. The van der Waals surface area contributed by atoms with Crippen LogP contribution in [-0.4, -0.2) is 0 Å². The Morgan fingerprint density at radius 1 is 0.262 bits per heavy atom. The number of thiophene rings is 2. The highest BCUT2D eigenvalue weighted by Gasteiger charge is 2.16. The maximum atomic E-state index is 2.38. The molecule has 0 atom stereocenters. The van der Waals surface area contributed by atoms with Gasteiger partial charge in [0.15, 0.2) is 0 Å². The number of nitrogens with zero attached hydrogens (tertiary/aromatic N) is 1. The van der Waals surface area contributed by atoms with Crippen molar-refractivity contribution >= 4 is 90.9 Å². The van der Waals surface area contributed by atoms with Gasteiger partial charge in [-0.1, -0.05) is 152 Å². The summed E-state index contributed by atoms with van der Waals surface area (Å²) in [5, 5.41) is 7.81. The van der Waals surface area contributed by atoms with Crippen molar-refractivity contribution in [1.29, 1.82) is 0 Å². The lowest BCUT2D eigenvalue weighted by atomic mass is 9.95. The first-order valence-corrected chi connectivity index (χ1v) is 22.4. The minimum absolute atomic E-state index is 1.10. The molecule has 0 radical (unpaired) electrons. The highest BCUT2D eigenvalue weighted by atomic mass is 32.1. The van der Waals surface area contributed by atoms with Gasteiger partial charge in [0.25, 0.3) is 0 Å². The maximum Gasteiger partial charge on any atom is 0.0462 e. The third-order valence-corrected chi connectivity index (χ3v) is 14.4. The summed E-state index contributed by atoms with van der Waals surface area (Å²) >= 11 is 3.73. The summed E-state index contributed by atoms with van der Waals surface area (Å²) in [5.41, 5.74) is 13.1. The van der Waals surface area contributed by atoms with E-state index in [0.29, 0.717) is 0 Å². The van der Waals surface area contributed by atoms with E-state index in [4.69, 9.17) is 0 Å². The molecule has 0 N–H and O–H groups in total. The Morgan fingerprint density at radius 3 is 1.48 bits per heavy atom. The molecule has 2 aromatic heterocycles. The van der Waals surface area contributed by atoms with Crippen LogP contribution < -0.4 is 4.90 Å². The van der Waals surface area contributed by atoms with E-state index in [1.54, 1.807) is 0 Å². The van der Waals surface area contributed by atoms with Crippen molar-refractivity contribution < 1.29 is 0 Å². The van der Waals surface area contributed by atoms with Crippen LogP contribution in [0.15, 0.2) is 224 Å². The predicted octanol–water partition coefficient (Wildman–Crippen LogP) is 17.7. The molecular formula is C58H37NS2. The Morgan fingerprint density at radius 2 is 0.738 bits per heavy atom. The van der Waals surface area contributed by atoms with E-state index in [0.717, 1.165) is 17.1 Å². The molecule has 3 heteroatoms. The first kappa shape index (κ1) is 35.6. The van der Waals surface area contributed by atoms with E-state index in [9.17, 15) is 0 Å². The molecule has 12 aromatic rings. The first-order chi connectivity index (χ1) is 30.2. The molecule has 10 aromatic carbocycles. The van der Waals surface area contributed by atoms with Gasteiger partial charge in [-0.2, -0.15) is 0 Å². The smallest absolute Gasteiger partial charge is 0.0462 e. The maximum absolute atomic E-state index is 2.38. The fourth-order valence-electron chi connectivity index (χ4n) is 9.11. The molecule has 2 heterocycles. The molecule has 286 valence electrons. The molecule has 0 bridgehead atoms. The summed E-state index contributed by atoms with van der Waals surface area (Å²) in [4.78, 5) is 2.38. The van der Waals surface area contributed by atoms with Gasteiger partial charge in [-0.25, -0.2) is 0 Å². The molecule has 0 unspecified atom stereocenters. The SMILES string of the molecule is c1cc(-c2ccc(N(c3ccc(-c4ccc5sc6ccccc6c5c4)cc3)c3ccc(-c4cccc5sc6ccccc6c45)cc3)cc2)cc(-c2cccc3ccccc23)c1. The standard InChI is InChI=1S/C58H37NS2/c1-2-14-48-40(10-1)11-8-17-49(48)44-13-7-12-42(36-44)38-22-29-45(30-23-38)59(46-31-24-39(25-32-46)43-28-35-56-53(37-43)51-15-3-5-19-54(51)60-56)47-33-26-41(27-34-47)50-18-9-21-57-58(50)52-16-4-6-20-55(52)61-57/h1-37H. The Kier molecular flexibility index (Phi) is 8.62. The zero-order chi connectivity index (χ0) is 40.3. The summed E-state index contributed by atoms with van der Waals surface area (Å²) in [7, 11) is 0. The van der Waals surface area contributed by atoms with Crippen LogP contribution in [0.1, 0.15) is 0 Å². The van der Waals surface area contributed by atoms with Crippen molar-refractivity contribution in [1.82, 2.24) is 0 Å². The molecule has 0 saturated carbocycles. The molecule has 0 spiro atoms. The van der Waals surface area contributed by atoms with Gasteiger partial charge in [0, 0.05) is 57.4 Å². The minimum Gasteiger partial charge on any atom is -0.311 e. The number of benzene rings is 10. The Balaban J connectivity index is 0.926. The molecule has 12 rings (SSSR count). The van der Waals surface area contributed by atoms with E-state index < -0.39 is 0 Å². The fraction of sp³-hybridized carbons (Fsp3) is 0. The van der Waals surface area contributed by atoms with E-state index in [1.165, 1.54) is 95.6 Å². The van der Waals surface area contributed by atoms with Crippen molar-refractivity contribution in [3.8, 4) is 44.5 Å². The quantitative estimate of drug-likeness (QED) is 0.155. The van der Waals surface area contributed by atoms with Crippen molar-refractivity contribution in [3.05, 3.63) is 224 Å². The number of hydrogen-bond acceptors (Lipinski definition) is 3. The number of anilines is 3. The molecular weight excluding hydrogens is 775 g/mol. The van der Waals surface area contributed by atoms with Gasteiger partial charge < -0.3 is 4.90 Å². The minimum atomic E-state index is 1.10. The monoisotopic (exact) mass is 811 g/mol. The largest absolute Gasteiger partial charge is 0.311 e. The summed E-state index contributed by atoms with van der Waals surface area (Å²) in [6, 6.07) is 82.4. The van der Waals surface area contributed by atoms with Crippen LogP contribution in [0.25, 0.3) is 95.6 Å². The number of hydrogen-bond donors (Lipinski definition) is 0. The average Bonchev–Trinajstić information content (AvgIpc) is 3.91. The van der Waals surface area contributed by atoms with Gasteiger partial charge in [-0.15, -0.1) is 22.7 Å². The fourth-order valence-corrected chi connectivity index (χ4v) is 11.3. The molecule has 0 saturated heterocycles. The second-order valence-corrected chi connectivity index (χ2v) is 17.8. The average molecular weight is 812 g/mol. The topological polar surface area (TPSA) is 3.24 Å². The molecule has 0 aliphatic rings. The summed E-state index contributed by atoms with van der Waals surface area (Å²) in [5.74, 6) is 0. The zero-order valence-corrected chi connectivity index (χ0v) is 34.8. The van der Waals surface area contributed by atoms with E-state index >= 15 is 0 Å². The second kappa shape index (κ2) is 14.8. The van der Waals surface area contributed by atoms with E-state index in [2.05, 4.69) is 229 Å². The van der Waals surface area contributed by atoms with Crippen LogP contribution in [0.3, 0.4) is 0 Å². The van der Waals surface area contributed by atoms with Crippen LogP contribution >= 0.6 is 22.7 Å². The van der Waals surface area contributed by atoms with Gasteiger partial charge in [-0.05, 0) is 128 Å². The predicted molar refractivity (Wildman–Crippen MR) is 266 cm³/mol. The van der Waals surface area contributed by atoms with Crippen molar-refractivity contribution in [2.24, 2.45) is 0 Å². The van der Waals surface area contributed by atoms with Gasteiger partial charge >= 0.3 is 0 Å². The van der Waals surface area contributed by atoms with Crippen molar-refractivity contribution in [2.45, 2.75) is 0 Å². The Labute approximate surface area is 362 Å². The molecule has 0 aliphatic heterocycles. The van der Waals surface area contributed by atoms with Crippen molar-refractivity contribution in [3.63, 3.8) is 0 Å². The highest BCUT2D eigenvalue weighted by Crippen LogP contribution is 2.43. The lowest BCUT2D eigenvalue weighted by Gasteiger charge is -2.26. The summed E-state index contributed by atoms with van der Waals surface area (Å²) in [6.45, 7) is 0. The Hall–Kier alpha value is -7.30. The molecule has 0 aliphatic carbocycles. The van der Waals surface area contributed by atoms with Crippen molar-refractivity contribution in [2.75, 3.05) is 4.90 Å². The first-order valence-electron chi connectivity index (χ1n) is 20.7. The zero-order valence-electron chi connectivity index (χ0n) is 33.1. The molecule has 0 amide bonds. The van der Waals surface area contributed by atoms with Crippen LogP contribution in [0.5, 0.6) is 0 Å². The van der Waals surface area contributed by atoms with Crippen LogP contribution in [-0.2, 0) is 0 Å². The van der Waals surface area contributed by atoms with Gasteiger partial charge in [-0.3, -0.25) is 0 Å². The molecule has 1 nitrogen and oxygen atoms in total. The highest BCUT2D eigenvalue weighted by molar-refractivity contribution is 7.26. The summed E-state index contributed by atoms with van der Waals surface area (Å²) < 4.78 is 5.29. The third-order valence-electron chi connectivity index (χ3n) is 12.1. The van der Waals surface area contributed by atoms with E-state index in [1.807, 2.05) is 22.7 Å². The third kappa shape index (κ3) is 6.29. The number of rotatable bonds is 7. The van der Waals surface area contributed by atoms with E-state index in [-0.39, 0.29) is 0 Å². The molecule has 61 heavy (non-hydrogen) atoms.